The number of nitrogens with zero attached hydrogens (tertiary/aromatic N) is 4. The van der Waals surface area contributed by atoms with Crippen molar-refractivity contribution >= 4 is 5.97 Å². The molecule has 0 bridgehead atoms. The van der Waals surface area contributed by atoms with E-state index in [4.69, 9.17) is 4.74 Å². The van der Waals surface area contributed by atoms with Crippen molar-refractivity contribution in [3.8, 4) is 17.1 Å². The number of aliphatic hydroxyl groups excluding tert-OH is 1. The Bertz CT molecular complexity index is 774. The summed E-state index contributed by atoms with van der Waals surface area (Å²) in [5.74, 6) is -0.440. The molecule has 0 aliphatic heterocycles. The number of carbonyl (C=O) groups is 1. The van der Waals surface area contributed by atoms with Crippen LogP contribution in [0.3, 0.4) is 0 Å². The summed E-state index contributed by atoms with van der Waals surface area (Å²) >= 11 is 0. The summed E-state index contributed by atoms with van der Waals surface area (Å²) in [7, 11) is 1.72. The molecule has 2 aromatic rings. The van der Waals surface area contributed by atoms with E-state index in [1.807, 2.05) is 13.0 Å². The highest BCUT2D eigenvalue weighted by molar-refractivity contribution is 5.70. The van der Waals surface area contributed by atoms with E-state index in [-0.39, 0.29) is 18.6 Å². The molecule has 8 nitrogen and oxygen atoms in total. The minimum absolute atomic E-state index is 0.106. The largest absolute Gasteiger partial charge is 0.489 e. The number of aliphatic carboxylic acids is 1. The minimum Gasteiger partial charge on any atom is -0.489 e. The summed E-state index contributed by atoms with van der Waals surface area (Å²) < 4.78 is 7.52. The highest BCUT2D eigenvalue weighted by atomic mass is 16.5. The fraction of sp³-hybridized carbons (Fsp3) is 0.529. The summed E-state index contributed by atoms with van der Waals surface area (Å²) in [6.07, 6.45) is 2.83. The Morgan fingerprint density at radius 2 is 2.20 bits per heavy atom. The van der Waals surface area contributed by atoms with Gasteiger partial charge in [-0.1, -0.05) is 5.21 Å². The maximum atomic E-state index is 11.2. The Kier molecular flexibility index (Phi) is 4.98. The normalized spacial score (nSPS) is 20.4. The molecule has 2 aromatic heterocycles. The van der Waals surface area contributed by atoms with Gasteiger partial charge in [0.25, 0.3) is 0 Å². The average Bonchev–Trinajstić information content (AvgIpc) is 2.97. The molecule has 0 spiro atoms. The number of aryl methyl sites for hydroxylation is 2. The Morgan fingerprint density at radius 3 is 2.88 bits per heavy atom. The molecule has 1 aliphatic rings. The molecule has 0 amide bonds. The summed E-state index contributed by atoms with van der Waals surface area (Å²) in [4.78, 5) is 15.7. The average molecular weight is 346 g/mol. The molecule has 2 heterocycles. The van der Waals surface area contributed by atoms with E-state index in [9.17, 15) is 15.0 Å². The first-order valence-electron chi connectivity index (χ1n) is 8.36. The molecule has 1 saturated carbocycles. The van der Waals surface area contributed by atoms with Crippen LogP contribution in [-0.2, 0) is 18.4 Å². The van der Waals surface area contributed by atoms with E-state index in [1.165, 1.54) is 4.68 Å². The van der Waals surface area contributed by atoms with Gasteiger partial charge in [-0.05, 0) is 44.7 Å². The van der Waals surface area contributed by atoms with Crippen LogP contribution in [0.15, 0.2) is 12.1 Å². The number of pyridine rings is 1. The Morgan fingerprint density at radius 1 is 1.40 bits per heavy atom. The lowest BCUT2D eigenvalue weighted by atomic mass is 9.87. The van der Waals surface area contributed by atoms with Crippen LogP contribution < -0.4 is 4.74 Å². The molecule has 8 heteroatoms. The highest BCUT2D eigenvalue weighted by Gasteiger charge is 2.28. The van der Waals surface area contributed by atoms with Crippen LogP contribution in [-0.4, -0.2) is 42.3 Å². The molecule has 2 atom stereocenters. The van der Waals surface area contributed by atoms with Crippen LogP contribution in [0, 0.1) is 12.8 Å². The van der Waals surface area contributed by atoms with Crippen LogP contribution in [0.2, 0.25) is 0 Å². The quantitative estimate of drug-likeness (QED) is 0.847. The minimum atomic E-state index is -0.752. The third kappa shape index (κ3) is 3.63. The van der Waals surface area contributed by atoms with Crippen LogP contribution >= 0.6 is 0 Å². The molecule has 3 rings (SSSR count). The van der Waals surface area contributed by atoms with Gasteiger partial charge in [0.05, 0.1) is 35.7 Å². The van der Waals surface area contributed by atoms with Crippen molar-refractivity contribution in [2.24, 2.45) is 13.0 Å². The monoisotopic (exact) mass is 346 g/mol. The number of hydrogen-bond acceptors (Lipinski definition) is 6. The van der Waals surface area contributed by atoms with E-state index in [0.29, 0.717) is 41.4 Å². The van der Waals surface area contributed by atoms with E-state index >= 15 is 0 Å². The molecule has 1 aliphatic carbocycles. The maximum absolute atomic E-state index is 11.2. The lowest BCUT2D eigenvalue weighted by molar-refractivity contribution is -0.143. The van der Waals surface area contributed by atoms with Crippen LogP contribution in [0.4, 0.5) is 0 Å². The summed E-state index contributed by atoms with van der Waals surface area (Å²) in [5, 5.41) is 26.6. The highest BCUT2D eigenvalue weighted by Crippen LogP contribution is 2.30. The zero-order chi connectivity index (χ0) is 18.0. The predicted octanol–water partition coefficient (Wildman–Crippen LogP) is 1.70. The van der Waals surface area contributed by atoms with Crippen molar-refractivity contribution in [3.05, 3.63) is 23.5 Å². The molecule has 0 saturated heterocycles. The van der Waals surface area contributed by atoms with Crippen LogP contribution in [0.25, 0.3) is 11.4 Å². The first-order chi connectivity index (χ1) is 12.0. The second-order valence-electron chi connectivity index (χ2n) is 6.39. The molecule has 0 radical (unpaired) electrons. The van der Waals surface area contributed by atoms with E-state index in [0.717, 1.165) is 12.8 Å². The molecule has 25 heavy (non-hydrogen) atoms. The van der Waals surface area contributed by atoms with Crippen molar-refractivity contribution in [1.29, 1.82) is 0 Å². The fourth-order valence-electron chi connectivity index (χ4n) is 3.21. The number of aliphatic hydroxyl groups is 1. The zero-order valence-corrected chi connectivity index (χ0v) is 14.3. The summed E-state index contributed by atoms with van der Waals surface area (Å²) in [5.41, 5.74) is 2.46. The number of aromatic nitrogens is 4. The van der Waals surface area contributed by atoms with Gasteiger partial charge >= 0.3 is 5.97 Å². The van der Waals surface area contributed by atoms with Crippen molar-refractivity contribution in [2.45, 2.75) is 45.3 Å². The van der Waals surface area contributed by atoms with E-state index < -0.39 is 5.97 Å². The van der Waals surface area contributed by atoms with Gasteiger partial charge in [0.15, 0.2) is 0 Å². The van der Waals surface area contributed by atoms with Crippen LogP contribution in [0.1, 0.15) is 37.1 Å². The lowest BCUT2D eigenvalue weighted by Crippen LogP contribution is -2.29. The standard InChI is InChI=1S/C17H22N4O4/c1-10-15(25-12-5-3-4-11(8-12)17(23)24)7-6-13(18-10)16-14(9-22)21(2)20-19-16/h6-7,11-12,22H,3-5,8-9H2,1-2H3,(H,23,24)/t11-,12?/m0/s1. The summed E-state index contributed by atoms with van der Waals surface area (Å²) in [6, 6.07) is 3.60. The second-order valence-corrected chi connectivity index (χ2v) is 6.39. The van der Waals surface area contributed by atoms with Gasteiger partial charge in [-0.25, -0.2) is 9.67 Å². The molecular weight excluding hydrogens is 324 g/mol. The Balaban J connectivity index is 1.77. The first-order valence-corrected chi connectivity index (χ1v) is 8.36. The van der Waals surface area contributed by atoms with Gasteiger partial charge < -0.3 is 14.9 Å². The van der Waals surface area contributed by atoms with Gasteiger partial charge in [0.2, 0.25) is 0 Å². The van der Waals surface area contributed by atoms with Gasteiger partial charge in [-0.3, -0.25) is 4.79 Å². The van der Waals surface area contributed by atoms with Crippen molar-refractivity contribution < 1.29 is 19.7 Å². The van der Waals surface area contributed by atoms with Gasteiger partial charge in [-0.15, -0.1) is 5.10 Å². The molecular formula is C17H22N4O4. The third-order valence-corrected chi connectivity index (χ3v) is 4.64. The van der Waals surface area contributed by atoms with Crippen LogP contribution in [0.5, 0.6) is 5.75 Å². The molecule has 2 N–H and O–H groups in total. The van der Waals surface area contributed by atoms with Crippen molar-refractivity contribution in [1.82, 2.24) is 20.0 Å². The SMILES string of the molecule is Cc1nc(-c2nnn(C)c2CO)ccc1OC1CCC[C@H](C(=O)O)C1. The first kappa shape index (κ1) is 17.3. The van der Waals surface area contributed by atoms with Crippen molar-refractivity contribution in [3.63, 3.8) is 0 Å². The van der Waals surface area contributed by atoms with Gasteiger partial charge in [0, 0.05) is 7.05 Å². The smallest absolute Gasteiger partial charge is 0.306 e. The van der Waals surface area contributed by atoms with Gasteiger partial charge in [-0.2, -0.15) is 0 Å². The number of carboxylic acid groups (broad SMARTS) is 1. The third-order valence-electron chi connectivity index (χ3n) is 4.64. The topological polar surface area (TPSA) is 110 Å². The maximum Gasteiger partial charge on any atom is 0.306 e. The number of ether oxygens (including phenoxy) is 1. The lowest BCUT2D eigenvalue weighted by Gasteiger charge is -2.27. The van der Waals surface area contributed by atoms with E-state index in [1.54, 1.807) is 13.1 Å². The number of hydrogen-bond donors (Lipinski definition) is 2. The summed E-state index contributed by atoms with van der Waals surface area (Å²) in [6.45, 7) is 1.67. The van der Waals surface area contributed by atoms with Crippen molar-refractivity contribution in [2.75, 3.05) is 0 Å². The Labute approximate surface area is 145 Å². The van der Waals surface area contributed by atoms with Gasteiger partial charge in [0.1, 0.15) is 11.4 Å². The molecule has 1 fully saturated rings. The Hall–Kier alpha value is -2.48. The molecule has 0 aromatic carbocycles. The predicted molar refractivity (Wildman–Crippen MR) is 88.9 cm³/mol. The molecule has 1 unspecified atom stereocenters. The molecule has 134 valence electrons. The van der Waals surface area contributed by atoms with E-state index in [2.05, 4.69) is 15.3 Å². The zero-order valence-electron chi connectivity index (χ0n) is 14.3. The number of carboxylic acids is 1. The second kappa shape index (κ2) is 7.18. The fourth-order valence-corrected chi connectivity index (χ4v) is 3.21. The number of rotatable bonds is 5.